The van der Waals surface area contributed by atoms with Gasteiger partial charge >= 0.3 is 0 Å². The molecule has 0 aliphatic heterocycles. The minimum Gasteiger partial charge on any atom is -0.384 e. The van der Waals surface area contributed by atoms with Crippen LogP contribution in [0.4, 0.5) is 5.82 Å². The van der Waals surface area contributed by atoms with E-state index in [4.69, 9.17) is 5.73 Å². The molecule has 3 nitrogen and oxygen atoms in total. The van der Waals surface area contributed by atoms with Crippen molar-refractivity contribution in [2.75, 3.05) is 19.3 Å². The van der Waals surface area contributed by atoms with E-state index in [2.05, 4.69) is 23.0 Å². The lowest BCUT2D eigenvalue weighted by Gasteiger charge is -2.27. The zero-order valence-corrected chi connectivity index (χ0v) is 11.2. The minimum atomic E-state index is 0.626. The van der Waals surface area contributed by atoms with Gasteiger partial charge in [0.15, 0.2) is 0 Å². The molecule has 0 aromatic carbocycles. The van der Waals surface area contributed by atoms with Crippen molar-refractivity contribution >= 4 is 5.82 Å². The standard InChI is InChI=1S/C15H23N3/c1-18(10-14-3-2-4-15(16)17-14)9-13-8-11-5-6-12(13)7-11/h2-4,11-13H,5-10H2,1H3,(H2,16,17). The van der Waals surface area contributed by atoms with E-state index in [-0.39, 0.29) is 0 Å². The van der Waals surface area contributed by atoms with Gasteiger partial charge in [-0.2, -0.15) is 0 Å². The first kappa shape index (κ1) is 12.0. The molecule has 2 N–H and O–H groups in total. The number of fused-ring (bicyclic) bond motifs is 2. The second-order valence-corrected chi connectivity index (χ2v) is 6.19. The maximum absolute atomic E-state index is 5.72. The minimum absolute atomic E-state index is 0.626. The zero-order valence-electron chi connectivity index (χ0n) is 11.2. The summed E-state index contributed by atoms with van der Waals surface area (Å²) in [5.41, 5.74) is 6.80. The predicted octanol–water partition coefficient (Wildman–Crippen LogP) is 2.53. The summed E-state index contributed by atoms with van der Waals surface area (Å²) in [7, 11) is 2.21. The molecule has 3 unspecified atom stereocenters. The Morgan fingerprint density at radius 1 is 1.33 bits per heavy atom. The van der Waals surface area contributed by atoms with Gasteiger partial charge in [-0.15, -0.1) is 0 Å². The average Bonchev–Trinajstić information content (AvgIpc) is 2.90. The Balaban J connectivity index is 1.54. The number of hydrogen-bond acceptors (Lipinski definition) is 3. The molecule has 2 fully saturated rings. The van der Waals surface area contributed by atoms with Gasteiger partial charge in [0.25, 0.3) is 0 Å². The molecule has 3 rings (SSSR count). The van der Waals surface area contributed by atoms with Crippen molar-refractivity contribution in [3.63, 3.8) is 0 Å². The number of rotatable bonds is 4. The van der Waals surface area contributed by atoms with Crippen LogP contribution in [0.5, 0.6) is 0 Å². The maximum atomic E-state index is 5.72. The molecule has 3 heteroatoms. The van der Waals surface area contributed by atoms with Crippen LogP contribution < -0.4 is 5.73 Å². The van der Waals surface area contributed by atoms with Crippen molar-refractivity contribution in [1.82, 2.24) is 9.88 Å². The van der Waals surface area contributed by atoms with E-state index in [1.807, 2.05) is 12.1 Å². The largest absolute Gasteiger partial charge is 0.384 e. The first-order valence-electron chi connectivity index (χ1n) is 7.10. The van der Waals surface area contributed by atoms with Gasteiger partial charge < -0.3 is 10.6 Å². The molecule has 98 valence electrons. The maximum Gasteiger partial charge on any atom is 0.123 e. The fourth-order valence-electron chi connectivity index (χ4n) is 3.93. The van der Waals surface area contributed by atoms with Gasteiger partial charge in [-0.1, -0.05) is 12.5 Å². The summed E-state index contributed by atoms with van der Waals surface area (Å²) in [6.45, 7) is 2.14. The summed E-state index contributed by atoms with van der Waals surface area (Å²) < 4.78 is 0. The van der Waals surface area contributed by atoms with Crippen LogP contribution in [0.25, 0.3) is 0 Å². The molecule has 1 aromatic rings. The zero-order chi connectivity index (χ0) is 12.5. The summed E-state index contributed by atoms with van der Waals surface area (Å²) in [5, 5.41) is 0. The topological polar surface area (TPSA) is 42.1 Å². The predicted molar refractivity (Wildman–Crippen MR) is 73.9 cm³/mol. The Labute approximate surface area is 109 Å². The molecule has 2 saturated carbocycles. The third-order valence-corrected chi connectivity index (χ3v) is 4.69. The number of pyridine rings is 1. The molecule has 0 spiro atoms. The molecule has 0 saturated heterocycles. The van der Waals surface area contributed by atoms with Crippen molar-refractivity contribution in [2.24, 2.45) is 17.8 Å². The first-order valence-corrected chi connectivity index (χ1v) is 7.10. The molecule has 3 atom stereocenters. The second-order valence-electron chi connectivity index (χ2n) is 6.19. The van der Waals surface area contributed by atoms with Crippen LogP contribution >= 0.6 is 0 Å². The highest BCUT2D eigenvalue weighted by Gasteiger charge is 2.39. The lowest BCUT2D eigenvalue weighted by atomic mass is 9.88. The van der Waals surface area contributed by atoms with Crippen LogP contribution in [-0.2, 0) is 6.54 Å². The van der Waals surface area contributed by atoms with E-state index >= 15 is 0 Å². The lowest BCUT2D eigenvalue weighted by Crippen LogP contribution is -2.28. The van der Waals surface area contributed by atoms with E-state index in [1.165, 1.54) is 32.2 Å². The molecule has 1 heterocycles. The highest BCUT2D eigenvalue weighted by molar-refractivity contribution is 5.28. The SMILES string of the molecule is CN(Cc1cccc(N)n1)CC1CC2CCC1C2. The van der Waals surface area contributed by atoms with Crippen LogP contribution in [0.3, 0.4) is 0 Å². The van der Waals surface area contributed by atoms with Crippen LogP contribution in [0.2, 0.25) is 0 Å². The Morgan fingerprint density at radius 2 is 2.22 bits per heavy atom. The lowest BCUT2D eigenvalue weighted by molar-refractivity contribution is 0.213. The number of nitrogens with two attached hydrogens (primary N) is 1. The van der Waals surface area contributed by atoms with Gasteiger partial charge in [-0.3, -0.25) is 0 Å². The summed E-state index contributed by atoms with van der Waals surface area (Å²) in [4.78, 5) is 6.78. The number of nitrogen functional groups attached to an aromatic ring is 1. The number of anilines is 1. The van der Waals surface area contributed by atoms with Crippen LogP contribution in [0.1, 0.15) is 31.4 Å². The quantitative estimate of drug-likeness (QED) is 0.886. The van der Waals surface area contributed by atoms with Gasteiger partial charge in [0.2, 0.25) is 0 Å². The smallest absolute Gasteiger partial charge is 0.123 e. The van der Waals surface area contributed by atoms with Crippen molar-refractivity contribution in [2.45, 2.75) is 32.2 Å². The van der Waals surface area contributed by atoms with Crippen LogP contribution in [0, 0.1) is 17.8 Å². The molecular weight excluding hydrogens is 222 g/mol. The molecule has 2 bridgehead atoms. The Kier molecular flexibility index (Phi) is 3.25. The molecule has 2 aliphatic carbocycles. The van der Waals surface area contributed by atoms with Crippen LogP contribution in [0.15, 0.2) is 18.2 Å². The molecule has 2 aliphatic rings. The van der Waals surface area contributed by atoms with E-state index in [0.717, 1.165) is 30.0 Å². The summed E-state index contributed by atoms with van der Waals surface area (Å²) >= 11 is 0. The highest BCUT2D eigenvalue weighted by atomic mass is 15.1. The Morgan fingerprint density at radius 3 is 2.89 bits per heavy atom. The van der Waals surface area contributed by atoms with Crippen molar-refractivity contribution in [3.8, 4) is 0 Å². The van der Waals surface area contributed by atoms with Gasteiger partial charge in [0.05, 0.1) is 5.69 Å². The average molecular weight is 245 g/mol. The van der Waals surface area contributed by atoms with Gasteiger partial charge in [0, 0.05) is 13.1 Å². The first-order chi connectivity index (χ1) is 8.70. The van der Waals surface area contributed by atoms with E-state index in [9.17, 15) is 0 Å². The molecular formula is C15H23N3. The monoisotopic (exact) mass is 245 g/mol. The Bertz CT molecular complexity index is 418. The Hall–Kier alpha value is -1.09. The number of hydrogen-bond donors (Lipinski definition) is 1. The number of aromatic nitrogens is 1. The van der Waals surface area contributed by atoms with E-state index in [0.29, 0.717) is 5.82 Å². The summed E-state index contributed by atoms with van der Waals surface area (Å²) in [6.07, 6.45) is 5.91. The van der Waals surface area contributed by atoms with Crippen molar-refractivity contribution in [3.05, 3.63) is 23.9 Å². The third-order valence-electron chi connectivity index (χ3n) is 4.69. The molecule has 0 amide bonds. The fraction of sp³-hybridized carbons (Fsp3) is 0.667. The summed E-state index contributed by atoms with van der Waals surface area (Å²) in [5.74, 6) is 3.60. The van der Waals surface area contributed by atoms with Crippen molar-refractivity contribution < 1.29 is 0 Å². The van der Waals surface area contributed by atoms with Gasteiger partial charge in [-0.25, -0.2) is 4.98 Å². The van der Waals surface area contributed by atoms with E-state index < -0.39 is 0 Å². The molecule has 1 aromatic heterocycles. The van der Waals surface area contributed by atoms with E-state index in [1.54, 1.807) is 0 Å². The second kappa shape index (κ2) is 4.88. The molecule has 0 radical (unpaired) electrons. The van der Waals surface area contributed by atoms with Crippen molar-refractivity contribution in [1.29, 1.82) is 0 Å². The third kappa shape index (κ3) is 2.51. The van der Waals surface area contributed by atoms with Gasteiger partial charge in [-0.05, 0) is 56.2 Å². The number of nitrogens with zero attached hydrogens (tertiary/aromatic N) is 2. The van der Waals surface area contributed by atoms with Gasteiger partial charge in [0.1, 0.15) is 5.82 Å². The normalized spacial score (nSPS) is 30.2. The molecule has 18 heavy (non-hydrogen) atoms. The highest BCUT2D eigenvalue weighted by Crippen LogP contribution is 2.48. The summed E-state index contributed by atoms with van der Waals surface area (Å²) in [6, 6.07) is 5.90. The van der Waals surface area contributed by atoms with Crippen LogP contribution in [-0.4, -0.2) is 23.5 Å². The fourth-order valence-corrected chi connectivity index (χ4v) is 3.93.